The van der Waals surface area contributed by atoms with E-state index in [1.807, 2.05) is 5.32 Å². The van der Waals surface area contributed by atoms with Crippen LogP contribution >= 0.6 is 0 Å². The minimum atomic E-state index is -0.752. The number of rotatable bonds is 5. The van der Waals surface area contributed by atoms with E-state index in [1.165, 1.54) is 18.2 Å². The van der Waals surface area contributed by atoms with Crippen LogP contribution in [-0.4, -0.2) is 35.1 Å². The van der Waals surface area contributed by atoms with E-state index in [0.29, 0.717) is 0 Å². The fraction of sp³-hybridized carbons (Fsp3) is 0.273. The van der Waals surface area contributed by atoms with Gasteiger partial charge in [-0.15, -0.1) is 0 Å². The number of aliphatic hydroxyl groups is 1. The Morgan fingerprint density at radius 3 is 2.63 bits per heavy atom. The zero-order valence-corrected chi connectivity index (χ0v) is 9.96. The van der Waals surface area contributed by atoms with Crippen LogP contribution in [0.25, 0.3) is 0 Å². The summed E-state index contributed by atoms with van der Waals surface area (Å²) in [6.45, 7) is -0.226. The quantitative estimate of drug-likeness (QED) is 0.510. The van der Waals surface area contributed by atoms with Gasteiger partial charge in [0, 0.05) is 18.2 Å². The van der Waals surface area contributed by atoms with Gasteiger partial charge in [0.15, 0.2) is 0 Å². The van der Waals surface area contributed by atoms with Crippen LogP contribution in [0, 0.1) is 10.1 Å². The molecule has 3 N–H and O–H groups in total. The fourth-order valence-electron chi connectivity index (χ4n) is 1.40. The second-order valence-electron chi connectivity index (χ2n) is 3.59. The van der Waals surface area contributed by atoms with Crippen LogP contribution in [0.15, 0.2) is 24.3 Å². The van der Waals surface area contributed by atoms with Crippen molar-refractivity contribution < 1.29 is 19.6 Å². The summed E-state index contributed by atoms with van der Waals surface area (Å²) in [6.07, 6.45) is -0.274. The van der Waals surface area contributed by atoms with Gasteiger partial charge < -0.3 is 10.4 Å². The smallest absolute Gasteiger partial charge is 0.321 e. The third-order valence-corrected chi connectivity index (χ3v) is 2.19. The molecule has 19 heavy (non-hydrogen) atoms. The van der Waals surface area contributed by atoms with Crippen LogP contribution in [0.3, 0.4) is 0 Å². The van der Waals surface area contributed by atoms with Gasteiger partial charge in [-0.3, -0.25) is 20.2 Å². The Bertz CT molecular complexity index is 489. The predicted octanol–water partition coefficient (Wildman–Crippen LogP) is -0.0446. The first kappa shape index (κ1) is 14.6. The average molecular weight is 267 g/mol. The van der Waals surface area contributed by atoms with E-state index in [0.717, 1.165) is 0 Å². The van der Waals surface area contributed by atoms with Crippen LogP contribution in [0.4, 0.5) is 10.5 Å². The lowest BCUT2D eigenvalue weighted by Crippen LogP contribution is -2.41. The van der Waals surface area contributed by atoms with Gasteiger partial charge in [0.05, 0.1) is 18.0 Å². The van der Waals surface area contributed by atoms with E-state index in [2.05, 4.69) is 5.32 Å². The van der Waals surface area contributed by atoms with Crippen molar-refractivity contribution in [2.45, 2.75) is 6.42 Å². The number of aliphatic hydroxyl groups excluding tert-OH is 1. The number of nitrogens with one attached hydrogen (secondary N) is 2. The molecule has 0 aromatic heterocycles. The molecule has 1 rings (SSSR count). The van der Waals surface area contributed by atoms with Crippen molar-refractivity contribution in [2.24, 2.45) is 0 Å². The highest BCUT2D eigenvalue weighted by molar-refractivity contribution is 5.95. The molecule has 0 fully saturated rings. The predicted molar refractivity (Wildman–Crippen MR) is 65.4 cm³/mol. The van der Waals surface area contributed by atoms with Gasteiger partial charge >= 0.3 is 6.03 Å². The van der Waals surface area contributed by atoms with E-state index >= 15 is 0 Å². The van der Waals surface area contributed by atoms with E-state index < -0.39 is 16.9 Å². The molecule has 0 aliphatic heterocycles. The van der Waals surface area contributed by atoms with Crippen molar-refractivity contribution in [1.29, 1.82) is 0 Å². The minimum absolute atomic E-state index is 0.0185. The fourth-order valence-corrected chi connectivity index (χ4v) is 1.40. The number of carbonyl (C=O) groups is 2. The number of nitro groups is 1. The largest absolute Gasteiger partial charge is 0.395 e. The van der Waals surface area contributed by atoms with Crippen molar-refractivity contribution in [3.05, 3.63) is 39.9 Å². The summed E-state index contributed by atoms with van der Waals surface area (Å²) in [4.78, 5) is 32.8. The lowest BCUT2D eigenvalue weighted by atomic mass is 10.1. The zero-order valence-electron chi connectivity index (χ0n) is 9.96. The Morgan fingerprint density at radius 2 is 2.00 bits per heavy atom. The number of amides is 3. The maximum Gasteiger partial charge on any atom is 0.321 e. The Kier molecular flexibility index (Phi) is 5.42. The molecular weight excluding hydrogens is 254 g/mol. The Labute approximate surface area is 108 Å². The Hall–Kier alpha value is -2.48. The molecule has 102 valence electrons. The van der Waals surface area contributed by atoms with Crippen LogP contribution in [0.5, 0.6) is 0 Å². The van der Waals surface area contributed by atoms with Crippen LogP contribution in [-0.2, 0) is 11.2 Å². The monoisotopic (exact) mass is 267 g/mol. The second-order valence-corrected chi connectivity index (χ2v) is 3.59. The first-order valence-corrected chi connectivity index (χ1v) is 5.45. The third-order valence-electron chi connectivity index (χ3n) is 2.19. The number of hydrogen-bond acceptors (Lipinski definition) is 5. The number of imide groups is 1. The average Bonchev–Trinajstić information content (AvgIpc) is 2.36. The summed E-state index contributed by atoms with van der Waals surface area (Å²) in [6, 6.07) is 5.05. The van der Waals surface area contributed by atoms with Crippen molar-refractivity contribution in [3.8, 4) is 0 Å². The standard InChI is InChI=1S/C11H13N3O5/c15-6-5-12-11(17)13-10(16)7-8-3-1-2-4-9(8)14(18)19/h1-4,15H,5-7H2,(H2,12,13,16,17). The van der Waals surface area contributed by atoms with Crippen molar-refractivity contribution in [2.75, 3.05) is 13.2 Å². The van der Waals surface area contributed by atoms with Crippen molar-refractivity contribution >= 4 is 17.6 Å². The first-order chi connectivity index (χ1) is 9.04. The lowest BCUT2D eigenvalue weighted by Gasteiger charge is -2.05. The van der Waals surface area contributed by atoms with Crippen LogP contribution in [0.1, 0.15) is 5.56 Å². The summed E-state index contributed by atoms with van der Waals surface area (Å²) in [5.74, 6) is -0.662. The normalized spacial score (nSPS) is 9.74. The molecule has 1 aromatic rings. The molecule has 3 amide bonds. The maximum absolute atomic E-state index is 11.5. The number of para-hydroxylation sites is 1. The van der Waals surface area contributed by atoms with E-state index in [4.69, 9.17) is 5.11 Å². The third kappa shape index (κ3) is 4.72. The van der Waals surface area contributed by atoms with E-state index in [-0.39, 0.29) is 30.8 Å². The lowest BCUT2D eigenvalue weighted by molar-refractivity contribution is -0.385. The van der Waals surface area contributed by atoms with Gasteiger partial charge in [-0.05, 0) is 0 Å². The van der Waals surface area contributed by atoms with Crippen LogP contribution in [0.2, 0.25) is 0 Å². The zero-order chi connectivity index (χ0) is 14.3. The first-order valence-electron chi connectivity index (χ1n) is 5.45. The molecule has 0 atom stereocenters. The van der Waals surface area contributed by atoms with Gasteiger partial charge in [0.25, 0.3) is 5.69 Å². The summed E-state index contributed by atoms with van der Waals surface area (Å²) in [5, 5.41) is 23.5. The Morgan fingerprint density at radius 1 is 1.32 bits per heavy atom. The maximum atomic E-state index is 11.5. The second kappa shape index (κ2) is 7.07. The van der Waals surface area contributed by atoms with Crippen LogP contribution < -0.4 is 10.6 Å². The molecule has 8 nitrogen and oxygen atoms in total. The SMILES string of the molecule is O=C(Cc1ccccc1[N+](=O)[O-])NC(=O)NCCO. The molecule has 0 radical (unpaired) electrons. The van der Waals surface area contributed by atoms with Gasteiger partial charge in [0.1, 0.15) is 0 Å². The van der Waals surface area contributed by atoms with Gasteiger partial charge in [0.2, 0.25) is 5.91 Å². The molecule has 0 saturated heterocycles. The van der Waals surface area contributed by atoms with Crippen molar-refractivity contribution in [3.63, 3.8) is 0 Å². The molecule has 0 saturated carbocycles. The minimum Gasteiger partial charge on any atom is -0.395 e. The van der Waals surface area contributed by atoms with Gasteiger partial charge in [-0.1, -0.05) is 18.2 Å². The number of nitrogens with zero attached hydrogens (tertiary/aromatic N) is 1. The Balaban J connectivity index is 2.62. The van der Waals surface area contributed by atoms with Gasteiger partial charge in [-0.25, -0.2) is 4.79 Å². The van der Waals surface area contributed by atoms with E-state index in [1.54, 1.807) is 6.07 Å². The summed E-state index contributed by atoms with van der Waals surface area (Å²) in [7, 11) is 0. The number of urea groups is 1. The highest BCUT2D eigenvalue weighted by atomic mass is 16.6. The number of benzene rings is 1. The van der Waals surface area contributed by atoms with Crippen molar-refractivity contribution in [1.82, 2.24) is 10.6 Å². The molecule has 0 unspecified atom stereocenters. The molecule has 8 heteroatoms. The highest BCUT2D eigenvalue weighted by Gasteiger charge is 2.16. The molecular formula is C11H13N3O5. The summed E-state index contributed by atoms with van der Waals surface area (Å²) >= 11 is 0. The summed E-state index contributed by atoms with van der Waals surface area (Å²) < 4.78 is 0. The summed E-state index contributed by atoms with van der Waals surface area (Å²) in [5.41, 5.74) is 0.0494. The van der Waals surface area contributed by atoms with Gasteiger partial charge in [-0.2, -0.15) is 0 Å². The molecule has 0 heterocycles. The topological polar surface area (TPSA) is 122 Å². The number of carbonyl (C=O) groups excluding carboxylic acids is 2. The molecule has 0 aliphatic rings. The molecule has 1 aromatic carbocycles. The number of nitro benzene ring substituents is 1. The molecule has 0 aliphatic carbocycles. The number of hydrogen-bond donors (Lipinski definition) is 3. The molecule has 0 bridgehead atoms. The molecule has 0 spiro atoms. The highest BCUT2D eigenvalue weighted by Crippen LogP contribution is 2.17. The van der Waals surface area contributed by atoms with E-state index in [9.17, 15) is 19.7 Å².